The molecular formula is C16H21N4O+. The minimum Gasteiger partial charge on any atom is -0.419 e. The lowest BCUT2D eigenvalue weighted by atomic mass is 10.1. The van der Waals surface area contributed by atoms with Crippen LogP contribution < -0.4 is 10.2 Å². The van der Waals surface area contributed by atoms with E-state index in [4.69, 9.17) is 9.68 Å². The summed E-state index contributed by atoms with van der Waals surface area (Å²) in [5.41, 5.74) is 2.33. The van der Waals surface area contributed by atoms with Gasteiger partial charge >= 0.3 is 0 Å². The predicted octanol–water partition coefficient (Wildman–Crippen LogP) is 1.47. The number of nitrogens with zero attached hydrogens (tertiary/aromatic N) is 2. The van der Waals surface area contributed by atoms with Crippen LogP contribution in [0.1, 0.15) is 17.7 Å². The van der Waals surface area contributed by atoms with Gasteiger partial charge in [-0.05, 0) is 19.1 Å². The van der Waals surface area contributed by atoms with E-state index in [2.05, 4.69) is 30.5 Å². The Balaban J connectivity index is 2.11. The van der Waals surface area contributed by atoms with Crippen LogP contribution in [0.4, 0.5) is 5.88 Å². The maximum absolute atomic E-state index is 9.16. The number of rotatable bonds is 6. The average molecular weight is 285 g/mol. The van der Waals surface area contributed by atoms with Gasteiger partial charge in [-0.1, -0.05) is 17.7 Å². The first-order valence-corrected chi connectivity index (χ1v) is 7.11. The molecule has 1 aromatic heterocycles. The van der Waals surface area contributed by atoms with Crippen molar-refractivity contribution < 1.29 is 9.32 Å². The number of anilines is 1. The molecule has 1 aromatic carbocycles. The van der Waals surface area contributed by atoms with Crippen LogP contribution in [0, 0.1) is 18.3 Å². The second-order valence-corrected chi connectivity index (χ2v) is 5.42. The third-order valence-corrected chi connectivity index (χ3v) is 3.14. The van der Waals surface area contributed by atoms with Crippen molar-refractivity contribution in [2.24, 2.45) is 0 Å². The third-order valence-electron chi connectivity index (χ3n) is 3.14. The number of oxazole rings is 1. The summed E-state index contributed by atoms with van der Waals surface area (Å²) in [7, 11) is 4.23. The molecule has 2 N–H and O–H groups in total. The van der Waals surface area contributed by atoms with Crippen LogP contribution in [-0.2, 0) is 0 Å². The molecule has 5 heteroatoms. The van der Waals surface area contributed by atoms with E-state index in [0.29, 0.717) is 17.5 Å². The van der Waals surface area contributed by atoms with Gasteiger partial charge in [-0.3, -0.25) is 0 Å². The van der Waals surface area contributed by atoms with Gasteiger partial charge < -0.3 is 14.6 Å². The summed E-state index contributed by atoms with van der Waals surface area (Å²) in [4.78, 5) is 5.66. The van der Waals surface area contributed by atoms with E-state index in [1.165, 1.54) is 4.90 Å². The van der Waals surface area contributed by atoms with Crippen LogP contribution in [-0.4, -0.2) is 32.2 Å². The summed E-state index contributed by atoms with van der Waals surface area (Å²) in [6.07, 6.45) is 1.01. The zero-order chi connectivity index (χ0) is 15.2. The molecule has 2 rings (SSSR count). The lowest BCUT2D eigenvalue weighted by molar-refractivity contribution is -0.858. The van der Waals surface area contributed by atoms with Crippen LogP contribution in [0.2, 0.25) is 0 Å². The molecular weight excluding hydrogens is 264 g/mol. The molecule has 110 valence electrons. The first kappa shape index (κ1) is 15.1. The summed E-state index contributed by atoms with van der Waals surface area (Å²) >= 11 is 0. The van der Waals surface area contributed by atoms with E-state index in [0.717, 1.165) is 30.6 Å². The molecule has 0 fully saturated rings. The molecule has 5 nitrogen and oxygen atoms in total. The van der Waals surface area contributed by atoms with Gasteiger partial charge in [0.15, 0.2) is 0 Å². The molecule has 1 heterocycles. The number of hydrogen-bond donors (Lipinski definition) is 2. The van der Waals surface area contributed by atoms with Gasteiger partial charge in [-0.2, -0.15) is 10.2 Å². The van der Waals surface area contributed by atoms with Crippen molar-refractivity contribution in [2.75, 3.05) is 32.5 Å². The molecule has 0 unspecified atom stereocenters. The zero-order valence-electron chi connectivity index (χ0n) is 12.7. The Labute approximate surface area is 125 Å². The molecule has 0 aliphatic rings. The van der Waals surface area contributed by atoms with Crippen molar-refractivity contribution in [3.8, 4) is 17.5 Å². The molecule has 2 aromatic rings. The molecule has 0 radical (unpaired) electrons. The fourth-order valence-electron chi connectivity index (χ4n) is 2.06. The highest BCUT2D eigenvalue weighted by Gasteiger charge is 2.14. The maximum atomic E-state index is 9.16. The molecule has 0 saturated heterocycles. The van der Waals surface area contributed by atoms with E-state index in [-0.39, 0.29) is 0 Å². The lowest BCUT2D eigenvalue weighted by Gasteiger charge is -2.07. The minimum absolute atomic E-state index is 0.309. The Morgan fingerprint density at radius 2 is 2.19 bits per heavy atom. The molecule has 0 aliphatic heterocycles. The number of benzene rings is 1. The topological polar surface area (TPSA) is 66.3 Å². The Bertz CT molecular complexity index is 640. The Hall–Kier alpha value is -2.32. The van der Waals surface area contributed by atoms with Crippen LogP contribution in [0.25, 0.3) is 11.5 Å². The van der Waals surface area contributed by atoms with Crippen molar-refractivity contribution in [3.63, 3.8) is 0 Å². The van der Waals surface area contributed by atoms with E-state index < -0.39 is 0 Å². The summed E-state index contributed by atoms with van der Waals surface area (Å²) in [6.45, 7) is 3.84. The third kappa shape index (κ3) is 4.07. The number of quaternary nitrogens is 1. The highest BCUT2D eigenvalue weighted by Crippen LogP contribution is 2.25. The SMILES string of the molecule is Cc1cccc(-c2nc(C#N)c(NCCC[NH+](C)C)o2)c1. The number of aryl methyl sites for hydroxylation is 1. The highest BCUT2D eigenvalue weighted by atomic mass is 16.4. The molecule has 0 aliphatic carbocycles. The smallest absolute Gasteiger partial charge is 0.232 e. The number of aromatic nitrogens is 1. The van der Waals surface area contributed by atoms with Crippen molar-refractivity contribution in [1.82, 2.24) is 4.98 Å². The zero-order valence-corrected chi connectivity index (χ0v) is 12.7. The van der Waals surface area contributed by atoms with Crippen LogP contribution in [0.5, 0.6) is 0 Å². The summed E-state index contributed by atoms with van der Waals surface area (Å²) in [5.74, 6) is 0.943. The van der Waals surface area contributed by atoms with Crippen molar-refractivity contribution in [3.05, 3.63) is 35.5 Å². The molecule has 0 amide bonds. The van der Waals surface area contributed by atoms with Crippen molar-refractivity contribution in [1.29, 1.82) is 5.26 Å². The number of nitrogens with one attached hydrogen (secondary N) is 2. The van der Waals surface area contributed by atoms with Gasteiger partial charge in [0.05, 0.1) is 20.6 Å². The maximum Gasteiger partial charge on any atom is 0.232 e. The Kier molecular flexibility index (Phi) is 4.96. The first-order chi connectivity index (χ1) is 10.1. The quantitative estimate of drug-likeness (QED) is 0.789. The second-order valence-electron chi connectivity index (χ2n) is 5.42. The van der Waals surface area contributed by atoms with E-state index in [1.54, 1.807) is 0 Å². The summed E-state index contributed by atoms with van der Waals surface area (Å²) in [6, 6.07) is 9.97. The molecule has 0 atom stereocenters. The predicted molar refractivity (Wildman–Crippen MR) is 82.2 cm³/mol. The van der Waals surface area contributed by atoms with Crippen LogP contribution in [0.3, 0.4) is 0 Å². The van der Waals surface area contributed by atoms with Gasteiger partial charge in [0.2, 0.25) is 17.5 Å². The van der Waals surface area contributed by atoms with Gasteiger partial charge in [0.1, 0.15) is 6.07 Å². The molecule has 0 bridgehead atoms. The van der Waals surface area contributed by atoms with Crippen molar-refractivity contribution in [2.45, 2.75) is 13.3 Å². The normalized spacial score (nSPS) is 10.6. The Morgan fingerprint density at radius 1 is 1.38 bits per heavy atom. The van der Waals surface area contributed by atoms with Crippen LogP contribution in [0.15, 0.2) is 28.7 Å². The van der Waals surface area contributed by atoms with E-state index in [9.17, 15) is 0 Å². The highest BCUT2D eigenvalue weighted by molar-refractivity contribution is 5.59. The monoisotopic (exact) mass is 285 g/mol. The Morgan fingerprint density at radius 3 is 2.86 bits per heavy atom. The molecule has 0 saturated carbocycles. The van der Waals surface area contributed by atoms with Gasteiger partial charge in [0.25, 0.3) is 0 Å². The van der Waals surface area contributed by atoms with Gasteiger partial charge in [-0.15, -0.1) is 0 Å². The first-order valence-electron chi connectivity index (χ1n) is 7.11. The fraction of sp³-hybridized carbons (Fsp3) is 0.375. The summed E-state index contributed by atoms with van der Waals surface area (Å²) < 4.78 is 5.70. The fourth-order valence-corrected chi connectivity index (χ4v) is 2.06. The van der Waals surface area contributed by atoms with E-state index >= 15 is 0 Å². The summed E-state index contributed by atoms with van der Waals surface area (Å²) in [5, 5.41) is 12.3. The number of nitriles is 1. The largest absolute Gasteiger partial charge is 0.419 e. The van der Waals surface area contributed by atoms with Gasteiger partial charge in [0, 0.05) is 18.5 Å². The average Bonchev–Trinajstić information content (AvgIpc) is 2.86. The van der Waals surface area contributed by atoms with Gasteiger partial charge in [-0.25, -0.2) is 0 Å². The van der Waals surface area contributed by atoms with E-state index in [1.807, 2.05) is 31.2 Å². The van der Waals surface area contributed by atoms with Crippen molar-refractivity contribution >= 4 is 5.88 Å². The standard InChI is InChI=1S/C16H20N4O/c1-12-6-4-7-13(10-12)15-19-14(11-17)16(21-15)18-8-5-9-20(2)3/h4,6-7,10,18H,5,8-9H2,1-3H3/p+1. The molecule has 0 spiro atoms. The minimum atomic E-state index is 0.309. The second kappa shape index (κ2) is 6.91. The number of hydrogen-bond acceptors (Lipinski definition) is 4. The lowest BCUT2D eigenvalue weighted by Crippen LogP contribution is -3.05. The molecule has 21 heavy (non-hydrogen) atoms. The van der Waals surface area contributed by atoms with Crippen LogP contribution >= 0.6 is 0 Å².